The molecule has 0 aliphatic rings. The van der Waals surface area contributed by atoms with E-state index in [2.05, 4.69) is 14.9 Å². The number of nitrogens with one attached hydrogen (secondary N) is 1. The number of amides is 1. The second-order valence-corrected chi connectivity index (χ2v) is 4.25. The first-order chi connectivity index (χ1) is 8.79. The summed E-state index contributed by atoms with van der Waals surface area (Å²) < 4.78 is 8.72. The average molecular weight is 263 g/mol. The van der Waals surface area contributed by atoms with Crippen LogP contribution in [0, 0.1) is 0 Å². The van der Waals surface area contributed by atoms with E-state index in [0.717, 1.165) is 17.7 Å². The highest BCUT2D eigenvalue weighted by Gasteiger charge is 2.07. The van der Waals surface area contributed by atoms with E-state index in [0.29, 0.717) is 12.2 Å². The minimum absolute atomic E-state index is 0.183. The Labute approximate surface area is 109 Å². The maximum atomic E-state index is 11.6. The minimum atomic E-state index is -0.183. The van der Waals surface area contributed by atoms with Crippen LogP contribution < -0.4 is 10.1 Å². The first kappa shape index (κ1) is 12.5. The molecule has 0 bridgehead atoms. The highest BCUT2D eigenvalue weighted by molar-refractivity contribution is 7.03. The van der Waals surface area contributed by atoms with E-state index < -0.39 is 0 Å². The summed E-state index contributed by atoms with van der Waals surface area (Å²) in [6, 6.07) is 7.77. The molecule has 1 aromatic heterocycles. The van der Waals surface area contributed by atoms with Crippen LogP contribution in [0.3, 0.4) is 0 Å². The van der Waals surface area contributed by atoms with Crippen LogP contribution in [0.5, 0.6) is 5.75 Å². The maximum Gasteiger partial charge on any atom is 0.272 e. The van der Waals surface area contributed by atoms with Gasteiger partial charge in [-0.25, -0.2) is 0 Å². The number of carbonyl (C=O) groups is 1. The third-order valence-electron chi connectivity index (χ3n) is 2.45. The van der Waals surface area contributed by atoms with Crippen molar-refractivity contribution in [3.05, 3.63) is 40.9 Å². The summed E-state index contributed by atoms with van der Waals surface area (Å²) in [6.45, 7) is 0.572. The second kappa shape index (κ2) is 6.11. The van der Waals surface area contributed by atoms with E-state index in [-0.39, 0.29) is 5.91 Å². The lowest BCUT2D eigenvalue weighted by Crippen LogP contribution is -2.25. The third-order valence-corrected chi connectivity index (χ3v) is 2.96. The summed E-state index contributed by atoms with van der Waals surface area (Å²) in [6.07, 6.45) is 0.771. The first-order valence-corrected chi connectivity index (χ1v) is 6.31. The quantitative estimate of drug-likeness (QED) is 0.888. The minimum Gasteiger partial charge on any atom is -0.497 e. The summed E-state index contributed by atoms with van der Waals surface area (Å²) in [7, 11) is 1.64. The van der Waals surface area contributed by atoms with Gasteiger partial charge in [-0.1, -0.05) is 16.6 Å². The summed E-state index contributed by atoms with van der Waals surface area (Å²) >= 11 is 1.17. The topological polar surface area (TPSA) is 64.1 Å². The summed E-state index contributed by atoms with van der Waals surface area (Å²) in [5, 5.41) is 8.13. The Bertz CT molecular complexity index is 497. The van der Waals surface area contributed by atoms with Crippen molar-refractivity contribution in [2.45, 2.75) is 6.42 Å². The van der Waals surface area contributed by atoms with E-state index in [1.807, 2.05) is 24.3 Å². The Balaban J connectivity index is 1.79. The van der Waals surface area contributed by atoms with Crippen LogP contribution in [0.1, 0.15) is 16.1 Å². The third kappa shape index (κ3) is 3.27. The number of hydrogen-bond donors (Lipinski definition) is 1. The van der Waals surface area contributed by atoms with Crippen LogP contribution in [-0.4, -0.2) is 29.1 Å². The number of hydrogen-bond acceptors (Lipinski definition) is 5. The van der Waals surface area contributed by atoms with Crippen molar-refractivity contribution in [3.63, 3.8) is 0 Å². The van der Waals surface area contributed by atoms with Gasteiger partial charge >= 0.3 is 0 Å². The van der Waals surface area contributed by atoms with Crippen LogP contribution in [0.2, 0.25) is 0 Å². The van der Waals surface area contributed by atoms with Gasteiger partial charge in [0, 0.05) is 11.9 Å². The molecule has 0 unspecified atom stereocenters. The molecule has 1 heterocycles. The van der Waals surface area contributed by atoms with Crippen molar-refractivity contribution < 1.29 is 9.53 Å². The fourth-order valence-electron chi connectivity index (χ4n) is 1.47. The highest BCUT2D eigenvalue weighted by Crippen LogP contribution is 2.11. The molecule has 18 heavy (non-hydrogen) atoms. The van der Waals surface area contributed by atoms with Crippen molar-refractivity contribution in [1.29, 1.82) is 0 Å². The van der Waals surface area contributed by atoms with Gasteiger partial charge < -0.3 is 10.1 Å². The largest absolute Gasteiger partial charge is 0.497 e. The van der Waals surface area contributed by atoms with Crippen molar-refractivity contribution in [3.8, 4) is 5.75 Å². The van der Waals surface area contributed by atoms with E-state index in [9.17, 15) is 4.79 Å². The van der Waals surface area contributed by atoms with E-state index in [4.69, 9.17) is 4.74 Å². The van der Waals surface area contributed by atoms with Crippen molar-refractivity contribution in [2.75, 3.05) is 13.7 Å². The summed E-state index contributed by atoms with van der Waals surface area (Å²) in [4.78, 5) is 11.6. The molecule has 5 nitrogen and oxygen atoms in total. The number of carbonyl (C=O) groups excluding carboxylic acids is 1. The van der Waals surface area contributed by atoms with Crippen molar-refractivity contribution >= 4 is 17.4 Å². The van der Waals surface area contributed by atoms with Crippen LogP contribution in [0.4, 0.5) is 0 Å². The van der Waals surface area contributed by atoms with Crippen LogP contribution in [-0.2, 0) is 6.42 Å². The number of ether oxygens (including phenoxy) is 1. The zero-order chi connectivity index (χ0) is 12.8. The van der Waals surface area contributed by atoms with Gasteiger partial charge in [0.05, 0.1) is 7.11 Å². The molecule has 1 amide bonds. The van der Waals surface area contributed by atoms with Gasteiger partial charge in [-0.3, -0.25) is 4.79 Å². The smallest absolute Gasteiger partial charge is 0.272 e. The average Bonchev–Trinajstić information content (AvgIpc) is 2.93. The molecule has 6 heteroatoms. The lowest BCUT2D eigenvalue weighted by molar-refractivity contribution is 0.0949. The maximum absolute atomic E-state index is 11.6. The fourth-order valence-corrected chi connectivity index (χ4v) is 1.90. The fraction of sp³-hybridized carbons (Fsp3) is 0.250. The Morgan fingerprint density at radius 2 is 2.17 bits per heavy atom. The normalized spacial score (nSPS) is 10.1. The van der Waals surface area contributed by atoms with E-state index in [1.54, 1.807) is 12.5 Å². The predicted molar refractivity (Wildman–Crippen MR) is 68.9 cm³/mol. The highest BCUT2D eigenvalue weighted by atomic mass is 32.1. The second-order valence-electron chi connectivity index (χ2n) is 3.64. The molecule has 94 valence electrons. The Morgan fingerprint density at radius 1 is 1.39 bits per heavy atom. The molecule has 0 atom stereocenters. The molecule has 0 spiro atoms. The number of rotatable bonds is 5. The molecular weight excluding hydrogens is 250 g/mol. The van der Waals surface area contributed by atoms with Crippen molar-refractivity contribution in [2.24, 2.45) is 0 Å². The number of methoxy groups -OCH3 is 1. The van der Waals surface area contributed by atoms with Crippen LogP contribution in [0.25, 0.3) is 0 Å². The zero-order valence-electron chi connectivity index (χ0n) is 9.92. The molecule has 1 aromatic carbocycles. The van der Waals surface area contributed by atoms with Crippen LogP contribution in [0.15, 0.2) is 29.6 Å². The Morgan fingerprint density at radius 3 is 2.78 bits per heavy atom. The first-order valence-electron chi connectivity index (χ1n) is 5.48. The zero-order valence-corrected chi connectivity index (χ0v) is 10.7. The van der Waals surface area contributed by atoms with Gasteiger partial charge in [0.2, 0.25) is 0 Å². The molecule has 1 N–H and O–H groups in total. The molecule has 2 rings (SSSR count). The van der Waals surface area contributed by atoms with Gasteiger partial charge in [0.25, 0.3) is 5.91 Å². The predicted octanol–water partition coefficient (Wildman–Crippen LogP) is 1.52. The van der Waals surface area contributed by atoms with Gasteiger partial charge in [0.1, 0.15) is 5.75 Å². The lowest BCUT2D eigenvalue weighted by Gasteiger charge is -2.04. The molecule has 0 saturated heterocycles. The Kier molecular flexibility index (Phi) is 4.25. The SMILES string of the molecule is COc1ccc(CCNC(=O)c2csnn2)cc1. The Hall–Kier alpha value is -1.95. The molecule has 0 aliphatic heterocycles. The van der Waals surface area contributed by atoms with Gasteiger partial charge in [-0.2, -0.15) is 0 Å². The molecule has 2 aromatic rings. The molecule has 0 aliphatic carbocycles. The standard InChI is InChI=1S/C12H13N3O2S/c1-17-10-4-2-9(3-5-10)6-7-13-12(16)11-8-18-15-14-11/h2-5,8H,6-7H2,1H3,(H,13,16). The van der Waals surface area contributed by atoms with E-state index in [1.165, 1.54) is 11.5 Å². The van der Waals surface area contributed by atoms with Gasteiger partial charge in [-0.05, 0) is 35.6 Å². The lowest BCUT2D eigenvalue weighted by atomic mass is 10.1. The number of benzene rings is 1. The molecular formula is C12H13N3O2S. The molecule has 0 fully saturated rings. The molecule has 0 radical (unpaired) electrons. The van der Waals surface area contributed by atoms with Gasteiger partial charge in [0.15, 0.2) is 5.69 Å². The number of aromatic nitrogens is 2. The summed E-state index contributed by atoms with van der Waals surface area (Å²) in [5.41, 5.74) is 1.52. The van der Waals surface area contributed by atoms with Crippen molar-refractivity contribution in [1.82, 2.24) is 14.9 Å². The summed E-state index contributed by atoms with van der Waals surface area (Å²) in [5.74, 6) is 0.647. The van der Waals surface area contributed by atoms with Gasteiger partial charge in [-0.15, -0.1) is 5.10 Å². The number of nitrogens with zero attached hydrogens (tertiary/aromatic N) is 2. The molecule has 0 saturated carbocycles. The van der Waals surface area contributed by atoms with Crippen LogP contribution >= 0.6 is 11.5 Å². The van der Waals surface area contributed by atoms with E-state index >= 15 is 0 Å². The monoisotopic (exact) mass is 263 g/mol.